The molecule has 1 aliphatic rings. The molecule has 0 N–H and O–H groups in total. The summed E-state index contributed by atoms with van der Waals surface area (Å²) >= 11 is 0. The van der Waals surface area contributed by atoms with Crippen molar-refractivity contribution in [1.29, 1.82) is 5.26 Å². The van der Waals surface area contributed by atoms with Gasteiger partial charge in [0.05, 0.1) is 17.7 Å². The average molecular weight is 297 g/mol. The van der Waals surface area contributed by atoms with E-state index in [4.69, 9.17) is 4.74 Å². The van der Waals surface area contributed by atoms with E-state index >= 15 is 0 Å². The summed E-state index contributed by atoms with van der Waals surface area (Å²) in [6, 6.07) is 6.20. The van der Waals surface area contributed by atoms with Gasteiger partial charge in [-0.1, -0.05) is 18.2 Å². The molecule has 0 bridgehead atoms. The second-order valence-electron chi connectivity index (χ2n) is 5.06. The highest BCUT2D eigenvalue weighted by molar-refractivity contribution is 5.91. The van der Waals surface area contributed by atoms with Crippen molar-refractivity contribution >= 4 is 5.78 Å². The predicted octanol–water partition coefficient (Wildman–Crippen LogP) is 3.31. The fraction of sp³-hybridized carbons (Fsp3) is 0.467. The standard InChI is InChI=1S/C15H14F3NO2/c1-9-12(5-6-21-9)14(20)13(8-19)10-3-2-4-11(7-10)15(16,17)18/h2-4,7,9,12-13H,5-6H2,1H3. The third kappa shape index (κ3) is 3.24. The molecule has 0 saturated carbocycles. The van der Waals surface area contributed by atoms with Crippen molar-refractivity contribution in [3.8, 4) is 6.07 Å². The maximum absolute atomic E-state index is 12.7. The van der Waals surface area contributed by atoms with Crippen molar-refractivity contribution in [3.63, 3.8) is 0 Å². The zero-order valence-corrected chi connectivity index (χ0v) is 11.4. The third-order valence-electron chi connectivity index (χ3n) is 3.70. The van der Waals surface area contributed by atoms with Crippen LogP contribution in [0.25, 0.3) is 0 Å². The summed E-state index contributed by atoms with van der Waals surface area (Å²) in [5, 5.41) is 9.20. The summed E-state index contributed by atoms with van der Waals surface area (Å²) in [4.78, 5) is 12.4. The van der Waals surface area contributed by atoms with E-state index in [-0.39, 0.29) is 17.5 Å². The Kier molecular flexibility index (Phi) is 4.33. The van der Waals surface area contributed by atoms with Gasteiger partial charge < -0.3 is 4.74 Å². The molecule has 0 spiro atoms. The lowest BCUT2D eigenvalue weighted by Gasteiger charge is -2.17. The van der Waals surface area contributed by atoms with Crippen molar-refractivity contribution < 1.29 is 22.7 Å². The summed E-state index contributed by atoms with van der Waals surface area (Å²) < 4.78 is 43.4. The van der Waals surface area contributed by atoms with Crippen LogP contribution in [-0.4, -0.2) is 18.5 Å². The monoisotopic (exact) mass is 297 g/mol. The fourth-order valence-electron chi connectivity index (χ4n) is 2.52. The third-order valence-corrected chi connectivity index (χ3v) is 3.70. The van der Waals surface area contributed by atoms with E-state index in [0.29, 0.717) is 13.0 Å². The van der Waals surface area contributed by atoms with Gasteiger partial charge in [0.15, 0.2) is 5.78 Å². The number of carbonyl (C=O) groups is 1. The molecule has 6 heteroatoms. The summed E-state index contributed by atoms with van der Waals surface area (Å²) in [5.74, 6) is -2.01. The molecule has 3 atom stereocenters. The number of rotatable bonds is 3. The zero-order chi connectivity index (χ0) is 15.6. The Hall–Kier alpha value is -1.87. The number of benzene rings is 1. The molecule has 0 aromatic heterocycles. The SMILES string of the molecule is CC1OCCC1C(=O)C(C#N)c1cccc(C(F)(F)F)c1. The van der Waals surface area contributed by atoms with Crippen molar-refractivity contribution in [2.75, 3.05) is 6.61 Å². The van der Waals surface area contributed by atoms with Crippen LogP contribution >= 0.6 is 0 Å². The largest absolute Gasteiger partial charge is 0.416 e. The Morgan fingerprint density at radius 2 is 2.19 bits per heavy atom. The van der Waals surface area contributed by atoms with Gasteiger partial charge in [-0.05, 0) is 25.0 Å². The molecule has 21 heavy (non-hydrogen) atoms. The first kappa shape index (κ1) is 15.5. The van der Waals surface area contributed by atoms with Gasteiger partial charge in [0.2, 0.25) is 0 Å². The normalized spacial score (nSPS) is 23.6. The quantitative estimate of drug-likeness (QED) is 0.860. The minimum absolute atomic E-state index is 0.0800. The molecule has 0 amide bonds. The van der Waals surface area contributed by atoms with Crippen LogP contribution in [0.2, 0.25) is 0 Å². The van der Waals surface area contributed by atoms with E-state index in [1.54, 1.807) is 6.92 Å². The molecule has 1 aromatic carbocycles. The Balaban J connectivity index is 2.30. The number of hydrogen-bond acceptors (Lipinski definition) is 3. The topological polar surface area (TPSA) is 50.1 Å². The van der Waals surface area contributed by atoms with Gasteiger partial charge in [0.1, 0.15) is 5.92 Å². The fourth-order valence-corrected chi connectivity index (χ4v) is 2.52. The van der Waals surface area contributed by atoms with Gasteiger partial charge in [0.25, 0.3) is 0 Å². The van der Waals surface area contributed by atoms with E-state index in [9.17, 15) is 23.2 Å². The van der Waals surface area contributed by atoms with E-state index in [1.165, 1.54) is 12.1 Å². The number of nitrogens with zero attached hydrogens (tertiary/aromatic N) is 1. The van der Waals surface area contributed by atoms with Gasteiger partial charge in [-0.2, -0.15) is 18.4 Å². The highest BCUT2D eigenvalue weighted by atomic mass is 19.4. The zero-order valence-electron chi connectivity index (χ0n) is 11.4. The summed E-state index contributed by atoms with van der Waals surface area (Å²) in [6.07, 6.45) is -4.31. The van der Waals surface area contributed by atoms with Gasteiger partial charge in [-0.25, -0.2) is 0 Å². The molecule has 1 saturated heterocycles. The van der Waals surface area contributed by atoms with Gasteiger partial charge in [-0.3, -0.25) is 4.79 Å². The van der Waals surface area contributed by atoms with Crippen LogP contribution in [0.15, 0.2) is 24.3 Å². The van der Waals surface area contributed by atoms with Crippen molar-refractivity contribution in [3.05, 3.63) is 35.4 Å². The molecule has 0 aliphatic carbocycles. The van der Waals surface area contributed by atoms with Crippen molar-refractivity contribution in [2.45, 2.75) is 31.5 Å². The average Bonchev–Trinajstić information content (AvgIpc) is 2.85. The van der Waals surface area contributed by atoms with Crippen LogP contribution in [0.4, 0.5) is 13.2 Å². The number of halogens is 3. The molecule has 1 aromatic rings. The first-order valence-corrected chi connectivity index (χ1v) is 6.56. The molecule has 1 aliphatic heterocycles. The maximum Gasteiger partial charge on any atom is 0.416 e. The van der Waals surface area contributed by atoms with E-state index in [1.807, 2.05) is 6.07 Å². The molecule has 3 nitrogen and oxygen atoms in total. The van der Waals surface area contributed by atoms with Gasteiger partial charge in [-0.15, -0.1) is 0 Å². The van der Waals surface area contributed by atoms with Gasteiger partial charge >= 0.3 is 6.18 Å². The molecule has 1 fully saturated rings. The Morgan fingerprint density at radius 3 is 2.71 bits per heavy atom. The molecule has 3 unspecified atom stereocenters. The number of ether oxygens (including phenoxy) is 1. The number of Topliss-reactive ketones (excluding diaryl/α,β-unsaturated/α-hetero) is 1. The van der Waals surface area contributed by atoms with Crippen LogP contribution in [0, 0.1) is 17.2 Å². The highest BCUT2D eigenvalue weighted by Crippen LogP contribution is 2.33. The number of hydrogen-bond donors (Lipinski definition) is 0. The molecule has 0 radical (unpaired) electrons. The van der Waals surface area contributed by atoms with Crippen LogP contribution in [0.1, 0.15) is 30.4 Å². The number of ketones is 1. The first-order chi connectivity index (χ1) is 9.84. The Morgan fingerprint density at radius 1 is 1.48 bits per heavy atom. The molecule has 2 rings (SSSR count). The van der Waals surface area contributed by atoms with Crippen LogP contribution in [-0.2, 0) is 15.7 Å². The number of carbonyl (C=O) groups excluding carboxylic acids is 1. The lowest BCUT2D eigenvalue weighted by atomic mass is 9.85. The summed E-state index contributed by atoms with van der Waals surface area (Å²) in [5.41, 5.74) is -0.778. The summed E-state index contributed by atoms with van der Waals surface area (Å²) in [6.45, 7) is 2.16. The number of nitriles is 1. The minimum atomic E-state index is -4.50. The van der Waals surface area contributed by atoms with E-state index in [0.717, 1.165) is 12.1 Å². The molecular weight excluding hydrogens is 283 g/mol. The van der Waals surface area contributed by atoms with Crippen LogP contribution in [0.3, 0.4) is 0 Å². The Bertz CT molecular complexity index is 577. The first-order valence-electron chi connectivity index (χ1n) is 6.56. The predicted molar refractivity (Wildman–Crippen MR) is 68.3 cm³/mol. The van der Waals surface area contributed by atoms with E-state index in [2.05, 4.69) is 0 Å². The lowest BCUT2D eigenvalue weighted by Crippen LogP contribution is -2.26. The maximum atomic E-state index is 12.7. The Labute approximate surface area is 120 Å². The van der Waals surface area contributed by atoms with Crippen LogP contribution < -0.4 is 0 Å². The molecule has 112 valence electrons. The van der Waals surface area contributed by atoms with E-state index < -0.39 is 23.6 Å². The van der Waals surface area contributed by atoms with Crippen molar-refractivity contribution in [1.82, 2.24) is 0 Å². The second kappa shape index (κ2) is 5.86. The second-order valence-corrected chi connectivity index (χ2v) is 5.06. The van der Waals surface area contributed by atoms with Gasteiger partial charge in [0, 0.05) is 12.5 Å². The minimum Gasteiger partial charge on any atom is -0.378 e. The number of alkyl halides is 3. The lowest BCUT2D eigenvalue weighted by molar-refractivity contribution is -0.137. The summed E-state index contributed by atoms with van der Waals surface area (Å²) in [7, 11) is 0. The molecular formula is C15H14F3NO2. The van der Waals surface area contributed by atoms with Crippen LogP contribution in [0.5, 0.6) is 0 Å². The highest BCUT2D eigenvalue weighted by Gasteiger charge is 2.37. The smallest absolute Gasteiger partial charge is 0.378 e. The van der Waals surface area contributed by atoms with Crippen molar-refractivity contribution in [2.24, 2.45) is 5.92 Å². The molecule has 1 heterocycles.